The van der Waals surface area contributed by atoms with Gasteiger partial charge in [-0.2, -0.15) is 4.99 Å². The predicted molar refractivity (Wildman–Crippen MR) is 112 cm³/mol. The highest BCUT2D eigenvalue weighted by atomic mass is 35.5. The molecular weight excluding hydrogens is 433 g/mol. The molecule has 29 heavy (non-hydrogen) atoms. The molecule has 1 aliphatic heterocycles. The minimum absolute atomic E-state index is 0.287. The third-order valence-corrected chi connectivity index (χ3v) is 5.93. The Labute approximate surface area is 179 Å². The Bertz CT molecular complexity index is 1240. The maximum Gasteiger partial charge on any atom is 0.268 e. The molecule has 1 aromatic heterocycles. The molecule has 0 atom stereocenters. The van der Waals surface area contributed by atoms with Crippen molar-refractivity contribution in [2.24, 2.45) is 4.99 Å². The van der Waals surface area contributed by atoms with Crippen LogP contribution < -0.4 is 4.80 Å². The van der Waals surface area contributed by atoms with Gasteiger partial charge in [-0.05, 0) is 24.3 Å². The van der Waals surface area contributed by atoms with Gasteiger partial charge in [0, 0.05) is 11.6 Å². The summed E-state index contributed by atoms with van der Waals surface area (Å²) >= 11 is 13.6. The summed E-state index contributed by atoms with van der Waals surface area (Å²) in [6.07, 6.45) is 1.66. The first-order valence-corrected chi connectivity index (χ1v) is 10.1. The van der Waals surface area contributed by atoms with Crippen molar-refractivity contribution >= 4 is 62.5 Å². The van der Waals surface area contributed by atoms with E-state index in [2.05, 4.69) is 11.6 Å². The number of allylic oxidation sites excluding steroid dienone is 1. The van der Waals surface area contributed by atoms with Crippen LogP contribution in [0, 0.1) is 0 Å². The van der Waals surface area contributed by atoms with Gasteiger partial charge in [-0.25, -0.2) is 0 Å². The van der Waals surface area contributed by atoms with E-state index in [9.17, 15) is 14.4 Å². The van der Waals surface area contributed by atoms with Crippen molar-refractivity contribution < 1.29 is 14.4 Å². The van der Waals surface area contributed by atoms with E-state index in [4.69, 9.17) is 23.2 Å². The van der Waals surface area contributed by atoms with Crippen LogP contribution >= 0.6 is 34.5 Å². The number of halogens is 2. The summed E-state index contributed by atoms with van der Waals surface area (Å²) in [5, 5.41) is 0.901. The number of fused-ring (bicyclic) bond motifs is 2. The van der Waals surface area contributed by atoms with Crippen LogP contribution in [0.15, 0.2) is 54.0 Å². The van der Waals surface area contributed by atoms with E-state index in [0.717, 1.165) is 9.60 Å². The van der Waals surface area contributed by atoms with Gasteiger partial charge in [0.15, 0.2) is 4.80 Å². The highest BCUT2D eigenvalue weighted by Gasteiger charge is 2.36. The molecule has 0 fully saturated rings. The van der Waals surface area contributed by atoms with Crippen molar-refractivity contribution in [3.8, 4) is 0 Å². The maximum absolute atomic E-state index is 12.6. The minimum Gasteiger partial charge on any atom is -0.311 e. The van der Waals surface area contributed by atoms with Crippen molar-refractivity contribution in [3.63, 3.8) is 0 Å². The number of aromatic nitrogens is 1. The highest BCUT2D eigenvalue weighted by Crippen LogP contribution is 2.29. The molecule has 0 N–H and O–H groups in total. The Morgan fingerprint density at radius 2 is 1.79 bits per heavy atom. The Kier molecular flexibility index (Phi) is 5.12. The molecule has 0 radical (unpaired) electrons. The summed E-state index contributed by atoms with van der Waals surface area (Å²) in [5.74, 6) is -1.62. The molecule has 146 valence electrons. The van der Waals surface area contributed by atoms with Crippen LogP contribution in [0.1, 0.15) is 20.7 Å². The fraction of sp³-hybridized carbons (Fsp3) is 0.100. The number of carbonyl (C=O) groups is 3. The molecule has 2 heterocycles. The lowest BCUT2D eigenvalue weighted by atomic mass is 10.1. The zero-order valence-corrected chi connectivity index (χ0v) is 17.2. The van der Waals surface area contributed by atoms with Gasteiger partial charge < -0.3 is 4.57 Å². The second kappa shape index (κ2) is 7.59. The van der Waals surface area contributed by atoms with E-state index in [-0.39, 0.29) is 11.1 Å². The van der Waals surface area contributed by atoms with E-state index < -0.39 is 24.3 Å². The number of thiazole rings is 1. The van der Waals surface area contributed by atoms with Crippen molar-refractivity contribution in [1.29, 1.82) is 0 Å². The molecule has 0 unspecified atom stereocenters. The molecule has 0 saturated carbocycles. The molecule has 0 aliphatic carbocycles. The standard InChI is InChI=1S/C20H13Cl2N3O3S/c1-2-7-24-17-14(22)8-11(21)9-15(17)29-20(24)23-16(26)10-25-18(27)12-5-3-4-6-13(12)19(25)28/h2-6,8-9H,1,7,10H2. The molecule has 0 spiro atoms. The summed E-state index contributed by atoms with van der Waals surface area (Å²) < 4.78 is 2.50. The molecule has 6 nitrogen and oxygen atoms in total. The first-order chi connectivity index (χ1) is 13.9. The Morgan fingerprint density at radius 3 is 2.41 bits per heavy atom. The lowest BCUT2D eigenvalue weighted by Gasteiger charge is -2.10. The van der Waals surface area contributed by atoms with Crippen LogP contribution in [0.4, 0.5) is 0 Å². The molecule has 3 aromatic rings. The fourth-order valence-electron chi connectivity index (χ4n) is 3.17. The molecule has 0 saturated heterocycles. The summed E-state index contributed by atoms with van der Waals surface area (Å²) in [6.45, 7) is 3.66. The number of carbonyl (C=O) groups excluding carboxylic acids is 3. The smallest absolute Gasteiger partial charge is 0.268 e. The normalized spacial score (nSPS) is 14.0. The number of imide groups is 1. The van der Waals surface area contributed by atoms with Crippen molar-refractivity contribution in [2.75, 3.05) is 6.54 Å². The Hall–Kier alpha value is -2.74. The second-order valence-electron chi connectivity index (χ2n) is 6.27. The predicted octanol–water partition coefficient (Wildman–Crippen LogP) is 3.92. The quantitative estimate of drug-likeness (QED) is 0.451. The van der Waals surface area contributed by atoms with Crippen LogP contribution in [0.2, 0.25) is 10.0 Å². The average Bonchev–Trinajstić information content (AvgIpc) is 3.13. The van der Waals surface area contributed by atoms with Crippen LogP contribution in [0.25, 0.3) is 10.2 Å². The highest BCUT2D eigenvalue weighted by molar-refractivity contribution is 7.16. The molecule has 2 aromatic carbocycles. The summed E-state index contributed by atoms with van der Waals surface area (Å²) in [4.78, 5) is 42.9. The van der Waals surface area contributed by atoms with E-state index in [1.807, 2.05) is 0 Å². The lowest BCUT2D eigenvalue weighted by Crippen LogP contribution is -2.35. The van der Waals surface area contributed by atoms with Crippen LogP contribution in [-0.4, -0.2) is 33.7 Å². The van der Waals surface area contributed by atoms with E-state index in [1.54, 1.807) is 47.0 Å². The first-order valence-electron chi connectivity index (χ1n) is 8.52. The van der Waals surface area contributed by atoms with Gasteiger partial charge in [0.1, 0.15) is 6.54 Å². The van der Waals surface area contributed by atoms with E-state index in [0.29, 0.717) is 26.9 Å². The largest absolute Gasteiger partial charge is 0.311 e. The second-order valence-corrected chi connectivity index (χ2v) is 8.12. The molecular formula is C20H13Cl2N3O3S. The molecule has 4 rings (SSSR count). The molecule has 0 bridgehead atoms. The molecule has 1 aliphatic rings. The van der Waals surface area contributed by atoms with Gasteiger partial charge in [0.05, 0.1) is 26.4 Å². The average molecular weight is 446 g/mol. The number of hydrogen-bond acceptors (Lipinski definition) is 4. The number of rotatable bonds is 4. The van der Waals surface area contributed by atoms with E-state index in [1.165, 1.54) is 11.3 Å². The molecule has 3 amide bonds. The van der Waals surface area contributed by atoms with Crippen LogP contribution in [0.5, 0.6) is 0 Å². The monoisotopic (exact) mass is 445 g/mol. The van der Waals surface area contributed by atoms with Gasteiger partial charge in [0.25, 0.3) is 17.7 Å². The summed E-state index contributed by atoms with van der Waals surface area (Å²) in [7, 11) is 0. The Morgan fingerprint density at radius 1 is 1.14 bits per heavy atom. The van der Waals surface area contributed by atoms with Crippen molar-refractivity contribution in [2.45, 2.75) is 6.54 Å². The van der Waals surface area contributed by atoms with Gasteiger partial charge in [0.2, 0.25) is 0 Å². The zero-order chi connectivity index (χ0) is 20.7. The van der Waals surface area contributed by atoms with Gasteiger partial charge in [-0.3, -0.25) is 19.3 Å². The van der Waals surface area contributed by atoms with Crippen LogP contribution in [-0.2, 0) is 11.3 Å². The SMILES string of the molecule is C=CCn1c(=NC(=O)CN2C(=O)c3ccccc3C2=O)sc2cc(Cl)cc(Cl)c21. The minimum atomic E-state index is -0.619. The van der Waals surface area contributed by atoms with Crippen molar-refractivity contribution in [3.05, 3.63) is 75.0 Å². The maximum atomic E-state index is 12.6. The van der Waals surface area contributed by atoms with Crippen molar-refractivity contribution in [1.82, 2.24) is 9.47 Å². The third kappa shape index (κ3) is 3.42. The number of amides is 3. The number of hydrogen-bond donors (Lipinski definition) is 0. The van der Waals surface area contributed by atoms with Gasteiger partial charge >= 0.3 is 0 Å². The van der Waals surface area contributed by atoms with E-state index >= 15 is 0 Å². The van der Waals surface area contributed by atoms with Gasteiger partial charge in [-0.1, -0.05) is 52.7 Å². The third-order valence-electron chi connectivity index (χ3n) is 4.40. The van der Waals surface area contributed by atoms with Gasteiger partial charge in [-0.15, -0.1) is 6.58 Å². The van der Waals surface area contributed by atoms with Crippen LogP contribution in [0.3, 0.4) is 0 Å². The molecule has 9 heteroatoms. The zero-order valence-electron chi connectivity index (χ0n) is 14.9. The Balaban J connectivity index is 1.71. The lowest BCUT2D eigenvalue weighted by molar-refractivity contribution is -0.118. The topological polar surface area (TPSA) is 71.7 Å². The first kappa shape index (κ1) is 19.6. The summed E-state index contributed by atoms with van der Waals surface area (Å²) in [5.41, 5.74) is 1.26. The summed E-state index contributed by atoms with van der Waals surface area (Å²) in [6, 6.07) is 9.82. The fourth-order valence-corrected chi connectivity index (χ4v) is 5.01. The number of benzene rings is 2. The number of nitrogens with zero attached hydrogens (tertiary/aromatic N) is 3.